The fourth-order valence-electron chi connectivity index (χ4n) is 3.32. The van der Waals surface area contributed by atoms with Gasteiger partial charge in [-0.05, 0) is 49.4 Å². The van der Waals surface area contributed by atoms with Crippen LogP contribution in [0, 0.1) is 5.82 Å². The number of halogens is 1. The van der Waals surface area contributed by atoms with Crippen molar-refractivity contribution in [2.75, 3.05) is 6.54 Å². The van der Waals surface area contributed by atoms with Gasteiger partial charge >= 0.3 is 0 Å². The van der Waals surface area contributed by atoms with Crippen LogP contribution >= 0.6 is 0 Å². The Bertz CT molecular complexity index is 682. The highest BCUT2D eigenvalue weighted by atomic mass is 19.1. The average molecular weight is 315 g/mol. The van der Waals surface area contributed by atoms with Crippen LogP contribution in [0.4, 0.5) is 4.39 Å². The normalized spacial score (nSPS) is 18.2. The van der Waals surface area contributed by atoms with Crippen LogP contribution < -0.4 is 0 Å². The number of hydrogen-bond donors (Lipinski definition) is 0. The Balaban J connectivity index is 1.70. The first kappa shape index (κ1) is 15.7. The minimum Gasteiger partial charge on any atom is -0.336 e. The Morgan fingerprint density at radius 1 is 1.35 bits per heavy atom. The van der Waals surface area contributed by atoms with Crippen molar-refractivity contribution in [2.24, 2.45) is 7.05 Å². The number of rotatable bonds is 4. The number of nitrogens with zero attached hydrogens (tertiary/aromatic N) is 3. The number of benzene rings is 1. The van der Waals surface area contributed by atoms with Crippen LogP contribution in [0.2, 0.25) is 0 Å². The van der Waals surface area contributed by atoms with Crippen molar-refractivity contribution in [1.82, 2.24) is 14.7 Å². The molecule has 1 aromatic carbocycles. The maximum atomic E-state index is 13.5. The second-order valence-electron chi connectivity index (χ2n) is 6.10. The number of likely N-dealkylation sites (tertiary alicyclic amines) is 1. The van der Waals surface area contributed by atoms with Gasteiger partial charge in [-0.15, -0.1) is 0 Å². The van der Waals surface area contributed by atoms with E-state index >= 15 is 0 Å². The lowest BCUT2D eigenvalue weighted by Gasteiger charge is -2.36. The second kappa shape index (κ2) is 6.94. The number of aromatic nitrogens is 2. The van der Waals surface area contributed by atoms with Gasteiger partial charge in [0.1, 0.15) is 5.82 Å². The Kier molecular flexibility index (Phi) is 4.74. The number of hydrogen-bond acceptors (Lipinski definition) is 2. The van der Waals surface area contributed by atoms with Crippen LogP contribution in [-0.2, 0) is 18.3 Å². The molecule has 1 unspecified atom stereocenters. The summed E-state index contributed by atoms with van der Waals surface area (Å²) in [4.78, 5) is 14.6. The molecule has 0 aliphatic carbocycles. The fourth-order valence-corrected chi connectivity index (χ4v) is 3.32. The zero-order valence-corrected chi connectivity index (χ0v) is 13.4. The van der Waals surface area contributed by atoms with E-state index in [1.165, 1.54) is 6.07 Å². The Hall–Kier alpha value is -2.17. The molecule has 1 aliphatic heterocycles. The smallest absolute Gasteiger partial charge is 0.223 e. The molecule has 2 heterocycles. The minimum atomic E-state index is -0.240. The molecule has 0 radical (unpaired) electrons. The molecule has 122 valence electrons. The standard InChI is InChI=1S/C18H22FN3O/c1-21-16(10-11-20-21)8-9-18(23)22-12-3-2-7-17(22)14-5-4-6-15(19)13-14/h4-6,10-11,13,17H,2-3,7-9,12H2,1H3. The highest BCUT2D eigenvalue weighted by molar-refractivity contribution is 5.77. The largest absolute Gasteiger partial charge is 0.336 e. The van der Waals surface area contributed by atoms with Gasteiger partial charge in [0.05, 0.1) is 6.04 Å². The van der Waals surface area contributed by atoms with E-state index in [-0.39, 0.29) is 17.8 Å². The first-order chi connectivity index (χ1) is 11.1. The molecule has 0 spiro atoms. The lowest BCUT2D eigenvalue weighted by atomic mass is 9.94. The summed E-state index contributed by atoms with van der Waals surface area (Å²) >= 11 is 0. The summed E-state index contributed by atoms with van der Waals surface area (Å²) in [6.45, 7) is 0.755. The van der Waals surface area contributed by atoms with Crippen LogP contribution in [0.15, 0.2) is 36.5 Å². The van der Waals surface area contributed by atoms with Gasteiger partial charge in [-0.1, -0.05) is 12.1 Å². The van der Waals surface area contributed by atoms with Crippen LogP contribution in [-0.4, -0.2) is 27.1 Å². The molecule has 4 nitrogen and oxygen atoms in total. The summed E-state index contributed by atoms with van der Waals surface area (Å²) in [7, 11) is 1.89. The zero-order chi connectivity index (χ0) is 16.2. The number of carbonyl (C=O) groups is 1. The maximum Gasteiger partial charge on any atom is 0.223 e. The second-order valence-corrected chi connectivity index (χ2v) is 6.10. The molecule has 1 atom stereocenters. The predicted octanol–water partition coefficient (Wildman–Crippen LogP) is 3.25. The van der Waals surface area contributed by atoms with E-state index in [4.69, 9.17) is 0 Å². The van der Waals surface area contributed by atoms with Crippen LogP contribution in [0.3, 0.4) is 0 Å². The Labute approximate surface area is 135 Å². The number of aryl methyl sites for hydroxylation is 2. The maximum absolute atomic E-state index is 13.5. The molecule has 0 saturated carbocycles. The summed E-state index contributed by atoms with van der Waals surface area (Å²) in [6, 6.07) is 8.57. The summed E-state index contributed by atoms with van der Waals surface area (Å²) in [5, 5.41) is 4.13. The van der Waals surface area contributed by atoms with E-state index in [9.17, 15) is 9.18 Å². The molecule has 1 saturated heterocycles. The third-order valence-electron chi connectivity index (χ3n) is 4.57. The average Bonchev–Trinajstić information content (AvgIpc) is 2.98. The van der Waals surface area contributed by atoms with Crippen molar-refractivity contribution in [3.05, 3.63) is 53.6 Å². The van der Waals surface area contributed by atoms with Gasteiger partial charge in [0.25, 0.3) is 0 Å². The first-order valence-corrected chi connectivity index (χ1v) is 8.17. The number of amides is 1. The number of piperidine rings is 1. The van der Waals surface area contributed by atoms with Crippen LogP contribution in [0.5, 0.6) is 0 Å². The summed E-state index contributed by atoms with van der Waals surface area (Å²) in [6.07, 6.45) is 5.89. The molecule has 5 heteroatoms. The van der Waals surface area contributed by atoms with Crippen molar-refractivity contribution >= 4 is 5.91 Å². The molecular weight excluding hydrogens is 293 g/mol. The van der Waals surface area contributed by atoms with E-state index in [1.54, 1.807) is 23.0 Å². The molecule has 1 aromatic heterocycles. The van der Waals surface area contributed by atoms with Crippen molar-refractivity contribution < 1.29 is 9.18 Å². The highest BCUT2D eigenvalue weighted by Gasteiger charge is 2.27. The van der Waals surface area contributed by atoms with E-state index < -0.39 is 0 Å². The lowest BCUT2D eigenvalue weighted by Crippen LogP contribution is -2.38. The minimum absolute atomic E-state index is 0.00140. The van der Waals surface area contributed by atoms with E-state index in [0.29, 0.717) is 12.8 Å². The Morgan fingerprint density at radius 3 is 2.96 bits per heavy atom. The predicted molar refractivity (Wildman–Crippen MR) is 86.2 cm³/mol. The lowest BCUT2D eigenvalue weighted by molar-refractivity contribution is -0.135. The van der Waals surface area contributed by atoms with Crippen molar-refractivity contribution in [2.45, 2.75) is 38.1 Å². The molecule has 2 aromatic rings. The Morgan fingerprint density at radius 2 is 2.22 bits per heavy atom. The molecule has 23 heavy (non-hydrogen) atoms. The highest BCUT2D eigenvalue weighted by Crippen LogP contribution is 2.31. The van der Waals surface area contributed by atoms with Gasteiger partial charge in [0.15, 0.2) is 0 Å². The number of carbonyl (C=O) groups excluding carboxylic acids is 1. The molecule has 1 aliphatic rings. The molecule has 1 fully saturated rings. The van der Waals surface area contributed by atoms with Crippen molar-refractivity contribution in [1.29, 1.82) is 0 Å². The molecular formula is C18H22FN3O. The SMILES string of the molecule is Cn1nccc1CCC(=O)N1CCCCC1c1cccc(F)c1. The summed E-state index contributed by atoms with van der Waals surface area (Å²) in [5.41, 5.74) is 1.95. The monoisotopic (exact) mass is 315 g/mol. The third-order valence-corrected chi connectivity index (χ3v) is 4.57. The van der Waals surface area contributed by atoms with Gasteiger partial charge < -0.3 is 4.90 Å². The summed E-state index contributed by atoms with van der Waals surface area (Å²) in [5.74, 6) is -0.101. The van der Waals surface area contributed by atoms with E-state index in [0.717, 1.165) is 37.1 Å². The fraction of sp³-hybridized carbons (Fsp3) is 0.444. The van der Waals surface area contributed by atoms with Crippen LogP contribution in [0.1, 0.15) is 43.0 Å². The zero-order valence-electron chi connectivity index (χ0n) is 13.4. The third kappa shape index (κ3) is 3.60. The van der Waals surface area contributed by atoms with Gasteiger partial charge in [-0.25, -0.2) is 4.39 Å². The quantitative estimate of drug-likeness (QED) is 0.868. The van der Waals surface area contributed by atoms with E-state index in [1.807, 2.05) is 24.1 Å². The van der Waals surface area contributed by atoms with Crippen molar-refractivity contribution in [3.8, 4) is 0 Å². The van der Waals surface area contributed by atoms with E-state index in [2.05, 4.69) is 5.10 Å². The molecule has 1 amide bonds. The topological polar surface area (TPSA) is 38.1 Å². The molecule has 0 N–H and O–H groups in total. The molecule has 3 rings (SSSR count). The molecule has 0 bridgehead atoms. The van der Waals surface area contributed by atoms with Crippen molar-refractivity contribution in [3.63, 3.8) is 0 Å². The van der Waals surface area contributed by atoms with Gasteiger partial charge in [-0.2, -0.15) is 5.10 Å². The first-order valence-electron chi connectivity index (χ1n) is 8.17. The van der Waals surface area contributed by atoms with Gasteiger partial charge in [0, 0.05) is 31.9 Å². The van der Waals surface area contributed by atoms with Crippen LogP contribution in [0.25, 0.3) is 0 Å². The van der Waals surface area contributed by atoms with Gasteiger partial charge in [0.2, 0.25) is 5.91 Å². The summed E-state index contributed by atoms with van der Waals surface area (Å²) < 4.78 is 15.3. The van der Waals surface area contributed by atoms with Gasteiger partial charge in [-0.3, -0.25) is 9.48 Å².